The molecule has 0 N–H and O–H groups in total. The number of hydrogen-bond acceptors (Lipinski definition) is 7. The quantitative estimate of drug-likeness (QED) is 0.534. The topological polar surface area (TPSA) is 83.2 Å². The lowest BCUT2D eigenvalue weighted by atomic mass is 10.1. The molecule has 134 valence electrons. The summed E-state index contributed by atoms with van der Waals surface area (Å²) >= 11 is 0. The summed E-state index contributed by atoms with van der Waals surface area (Å²) in [5, 5.41) is 4.05. The first kappa shape index (κ1) is 16.7. The van der Waals surface area contributed by atoms with E-state index in [4.69, 9.17) is 14.0 Å². The van der Waals surface area contributed by atoms with Crippen molar-refractivity contribution in [2.75, 3.05) is 14.2 Å². The van der Waals surface area contributed by atoms with Crippen LogP contribution in [0.2, 0.25) is 0 Å². The zero-order valence-corrected chi connectivity index (χ0v) is 14.8. The highest BCUT2D eigenvalue weighted by atomic mass is 16.5. The van der Waals surface area contributed by atoms with Gasteiger partial charge in [-0.15, -0.1) is 0 Å². The minimum absolute atomic E-state index is 0.386. The van der Waals surface area contributed by atoms with Gasteiger partial charge in [-0.3, -0.25) is 4.98 Å². The highest BCUT2D eigenvalue weighted by Gasteiger charge is 2.17. The second-order valence-corrected chi connectivity index (χ2v) is 5.65. The Morgan fingerprint density at radius 2 is 1.78 bits per heavy atom. The van der Waals surface area contributed by atoms with Crippen LogP contribution in [0.4, 0.5) is 0 Å². The van der Waals surface area contributed by atoms with Crippen LogP contribution >= 0.6 is 0 Å². The second-order valence-electron chi connectivity index (χ2n) is 5.65. The van der Waals surface area contributed by atoms with Crippen LogP contribution in [0.25, 0.3) is 34.1 Å². The van der Waals surface area contributed by atoms with Gasteiger partial charge < -0.3 is 14.0 Å². The fraction of sp³-hybridized carbons (Fsp3) is 0.100. The van der Waals surface area contributed by atoms with Crippen molar-refractivity contribution in [1.82, 2.24) is 20.1 Å². The summed E-state index contributed by atoms with van der Waals surface area (Å²) in [5.41, 5.74) is 3.06. The maximum atomic E-state index is 5.46. The predicted octanol–water partition coefficient (Wildman–Crippen LogP) is 3.88. The van der Waals surface area contributed by atoms with E-state index in [9.17, 15) is 0 Å². The average Bonchev–Trinajstić information content (AvgIpc) is 3.24. The average molecular weight is 360 g/mol. The molecule has 7 nitrogen and oxygen atoms in total. The van der Waals surface area contributed by atoms with Crippen LogP contribution in [0.5, 0.6) is 11.6 Å². The second kappa shape index (κ2) is 7.25. The molecule has 0 fully saturated rings. The van der Waals surface area contributed by atoms with Gasteiger partial charge in [0.1, 0.15) is 5.75 Å². The Hall–Kier alpha value is -3.74. The van der Waals surface area contributed by atoms with Crippen molar-refractivity contribution in [1.29, 1.82) is 0 Å². The van der Waals surface area contributed by atoms with Crippen LogP contribution in [-0.4, -0.2) is 34.3 Å². The van der Waals surface area contributed by atoms with Crippen LogP contribution in [0.15, 0.2) is 65.4 Å². The molecule has 0 unspecified atom stereocenters. The fourth-order valence-corrected chi connectivity index (χ4v) is 2.65. The largest absolute Gasteiger partial charge is 0.497 e. The highest BCUT2D eigenvalue weighted by Crippen LogP contribution is 2.31. The first-order valence-electron chi connectivity index (χ1n) is 8.22. The van der Waals surface area contributed by atoms with E-state index in [2.05, 4.69) is 20.1 Å². The molecule has 3 heterocycles. The summed E-state index contributed by atoms with van der Waals surface area (Å²) in [6, 6.07) is 15.1. The van der Waals surface area contributed by atoms with E-state index in [0.717, 1.165) is 22.6 Å². The third-order valence-electron chi connectivity index (χ3n) is 3.99. The van der Waals surface area contributed by atoms with Crippen molar-refractivity contribution in [3.05, 3.63) is 60.9 Å². The maximum absolute atomic E-state index is 5.46. The molecule has 7 heteroatoms. The molecule has 27 heavy (non-hydrogen) atoms. The van der Waals surface area contributed by atoms with Crippen molar-refractivity contribution in [2.24, 2.45) is 0 Å². The van der Waals surface area contributed by atoms with Crippen molar-refractivity contribution >= 4 is 0 Å². The number of hydrogen-bond donors (Lipinski definition) is 0. The molecule has 0 amide bonds. The van der Waals surface area contributed by atoms with E-state index in [0.29, 0.717) is 23.2 Å². The summed E-state index contributed by atoms with van der Waals surface area (Å²) in [6.07, 6.45) is 3.35. The third-order valence-corrected chi connectivity index (χ3v) is 3.99. The van der Waals surface area contributed by atoms with Crippen molar-refractivity contribution < 1.29 is 14.0 Å². The van der Waals surface area contributed by atoms with Gasteiger partial charge in [0.25, 0.3) is 5.89 Å². The molecule has 0 radical (unpaired) electrons. The number of methoxy groups -OCH3 is 2. The van der Waals surface area contributed by atoms with Crippen LogP contribution in [0.3, 0.4) is 0 Å². The van der Waals surface area contributed by atoms with Gasteiger partial charge in [0.15, 0.2) is 0 Å². The zero-order valence-electron chi connectivity index (χ0n) is 14.8. The van der Waals surface area contributed by atoms with Crippen LogP contribution in [0, 0.1) is 0 Å². The van der Waals surface area contributed by atoms with Gasteiger partial charge in [-0.2, -0.15) is 4.98 Å². The van der Waals surface area contributed by atoms with Gasteiger partial charge in [-0.25, -0.2) is 4.98 Å². The van der Waals surface area contributed by atoms with E-state index < -0.39 is 0 Å². The molecule has 4 aromatic rings. The smallest absolute Gasteiger partial charge is 0.259 e. The van der Waals surface area contributed by atoms with E-state index in [-0.39, 0.29) is 0 Å². The lowest BCUT2D eigenvalue weighted by molar-refractivity contribution is 0.398. The SMILES string of the molecule is COc1cccc(-c2ccc(-c3noc(-c4cccnc4)n3)c(OC)n2)c1. The van der Waals surface area contributed by atoms with Crippen molar-refractivity contribution in [3.63, 3.8) is 0 Å². The molecule has 0 aliphatic heterocycles. The first-order chi connectivity index (χ1) is 13.3. The molecular weight excluding hydrogens is 344 g/mol. The van der Waals surface area contributed by atoms with Gasteiger partial charge in [-0.05, 0) is 36.4 Å². The Bertz CT molecular complexity index is 1060. The Labute approximate surface area is 155 Å². The van der Waals surface area contributed by atoms with Crippen molar-refractivity contribution in [3.8, 4) is 45.7 Å². The summed E-state index contributed by atoms with van der Waals surface area (Å²) in [7, 11) is 3.19. The molecule has 0 saturated carbocycles. The standard InChI is InChI=1S/C20H16N4O3/c1-25-15-7-3-5-13(11-15)17-9-8-16(20(22-17)26-2)18-23-19(27-24-18)14-6-4-10-21-12-14/h3-12H,1-2H3. The third kappa shape index (κ3) is 3.35. The van der Waals surface area contributed by atoms with Gasteiger partial charge in [-0.1, -0.05) is 17.3 Å². The molecule has 0 aliphatic carbocycles. The molecule has 0 spiro atoms. The Morgan fingerprint density at radius 3 is 2.56 bits per heavy atom. The van der Waals surface area contributed by atoms with Crippen LogP contribution in [0.1, 0.15) is 0 Å². The van der Waals surface area contributed by atoms with Gasteiger partial charge in [0.2, 0.25) is 11.7 Å². The van der Waals surface area contributed by atoms with E-state index >= 15 is 0 Å². The number of benzene rings is 1. The number of aromatic nitrogens is 4. The molecule has 0 bridgehead atoms. The summed E-state index contributed by atoms with van der Waals surface area (Å²) in [5.74, 6) is 1.96. The van der Waals surface area contributed by atoms with Crippen LogP contribution < -0.4 is 9.47 Å². The zero-order chi connectivity index (χ0) is 18.6. The Morgan fingerprint density at radius 1 is 0.889 bits per heavy atom. The fourth-order valence-electron chi connectivity index (χ4n) is 2.65. The van der Waals surface area contributed by atoms with E-state index in [1.54, 1.807) is 26.6 Å². The van der Waals surface area contributed by atoms with E-state index in [1.807, 2.05) is 48.5 Å². The molecule has 3 aromatic heterocycles. The molecule has 0 atom stereocenters. The molecular formula is C20H16N4O3. The first-order valence-corrected chi connectivity index (χ1v) is 8.22. The minimum Gasteiger partial charge on any atom is -0.497 e. The van der Waals surface area contributed by atoms with Gasteiger partial charge in [0, 0.05) is 18.0 Å². The number of pyridine rings is 2. The van der Waals surface area contributed by atoms with Gasteiger partial charge in [0.05, 0.1) is 31.0 Å². The summed E-state index contributed by atoms with van der Waals surface area (Å²) in [6.45, 7) is 0. The Balaban J connectivity index is 1.71. The lowest BCUT2D eigenvalue weighted by Gasteiger charge is -2.08. The number of ether oxygens (including phenoxy) is 2. The Kier molecular flexibility index (Phi) is 4.49. The number of nitrogens with zero attached hydrogens (tertiary/aromatic N) is 4. The van der Waals surface area contributed by atoms with E-state index in [1.165, 1.54) is 0 Å². The molecule has 4 rings (SSSR count). The molecule has 0 aliphatic rings. The summed E-state index contributed by atoms with van der Waals surface area (Å²) < 4.78 is 16.1. The van der Waals surface area contributed by atoms with Crippen LogP contribution in [-0.2, 0) is 0 Å². The highest BCUT2D eigenvalue weighted by molar-refractivity contribution is 5.69. The normalized spacial score (nSPS) is 10.6. The molecule has 0 saturated heterocycles. The minimum atomic E-state index is 0.386. The monoisotopic (exact) mass is 360 g/mol. The predicted molar refractivity (Wildman–Crippen MR) is 99.3 cm³/mol. The number of rotatable bonds is 5. The van der Waals surface area contributed by atoms with Crippen molar-refractivity contribution in [2.45, 2.75) is 0 Å². The lowest BCUT2D eigenvalue weighted by Crippen LogP contribution is -1.95. The van der Waals surface area contributed by atoms with Gasteiger partial charge >= 0.3 is 0 Å². The maximum Gasteiger partial charge on any atom is 0.259 e. The summed E-state index contributed by atoms with van der Waals surface area (Å²) in [4.78, 5) is 13.1. The molecule has 1 aromatic carbocycles.